The van der Waals surface area contributed by atoms with Crippen LogP contribution in [0.5, 0.6) is 0 Å². The predicted molar refractivity (Wildman–Crippen MR) is 92.1 cm³/mol. The van der Waals surface area contributed by atoms with E-state index in [0.717, 1.165) is 19.1 Å². The maximum Gasteiger partial charge on any atom is 0.0886 e. The van der Waals surface area contributed by atoms with Crippen LogP contribution < -0.4 is 5.32 Å². The lowest BCUT2D eigenvalue weighted by molar-refractivity contribution is -0.101. The molecule has 1 aromatic heterocycles. The Morgan fingerprint density at radius 2 is 2.24 bits per heavy atom. The minimum atomic E-state index is -0.0150. The van der Waals surface area contributed by atoms with Crippen LogP contribution in [0.3, 0.4) is 0 Å². The Bertz CT molecular complexity index is 427. The van der Waals surface area contributed by atoms with Gasteiger partial charge in [-0.25, -0.2) is 0 Å². The second-order valence-electron chi connectivity index (χ2n) is 6.53. The van der Waals surface area contributed by atoms with Crippen LogP contribution in [0.1, 0.15) is 68.7 Å². The zero-order valence-corrected chi connectivity index (χ0v) is 14.9. The molecule has 3 atom stereocenters. The zero-order valence-electron chi connectivity index (χ0n) is 14.1. The summed E-state index contributed by atoms with van der Waals surface area (Å²) in [7, 11) is 0. The number of ether oxygens (including phenoxy) is 1. The summed E-state index contributed by atoms with van der Waals surface area (Å²) < 4.78 is 6.41. The highest BCUT2D eigenvalue weighted by Crippen LogP contribution is 2.45. The number of aryl methyl sites for hydroxylation is 1. The molecule has 1 N–H and O–H groups in total. The van der Waals surface area contributed by atoms with Crippen molar-refractivity contribution in [1.29, 1.82) is 0 Å². The molecule has 0 amide bonds. The van der Waals surface area contributed by atoms with Gasteiger partial charge in [0.15, 0.2) is 0 Å². The van der Waals surface area contributed by atoms with Gasteiger partial charge in [0, 0.05) is 16.4 Å². The van der Waals surface area contributed by atoms with Crippen LogP contribution in [0.15, 0.2) is 12.1 Å². The van der Waals surface area contributed by atoms with Crippen molar-refractivity contribution in [3.8, 4) is 0 Å². The van der Waals surface area contributed by atoms with Crippen LogP contribution in [-0.2, 0) is 4.74 Å². The molecule has 21 heavy (non-hydrogen) atoms. The van der Waals surface area contributed by atoms with Gasteiger partial charge in [0.2, 0.25) is 0 Å². The van der Waals surface area contributed by atoms with Crippen LogP contribution in [0.2, 0.25) is 0 Å². The first kappa shape index (κ1) is 17.0. The lowest BCUT2D eigenvalue weighted by Gasteiger charge is -2.45. The molecule has 1 aromatic rings. The van der Waals surface area contributed by atoms with Crippen molar-refractivity contribution < 1.29 is 4.74 Å². The first-order valence-electron chi connectivity index (χ1n) is 8.55. The first-order valence-corrected chi connectivity index (χ1v) is 9.36. The van der Waals surface area contributed by atoms with Crippen molar-refractivity contribution in [3.63, 3.8) is 0 Å². The Balaban J connectivity index is 2.29. The summed E-state index contributed by atoms with van der Waals surface area (Å²) in [6.07, 6.45) is 6.16. The average molecular weight is 310 g/mol. The molecule has 0 radical (unpaired) electrons. The first-order chi connectivity index (χ1) is 10.1. The van der Waals surface area contributed by atoms with Crippen LogP contribution in [0, 0.1) is 12.8 Å². The molecule has 120 valence electrons. The van der Waals surface area contributed by atoms with Crippen molar-refractivity contribution in [2.75, 3.05) is 13.2 Å². The molecule has 1 fully saturated rings. The summed E-state index contributed by atoms with van der Waals surface area (Å²) in [5.41, 5.74) is -0.0150. The van der Waals surface area contributed by atoms with Gasteiger partial charge in [-0.15, -0.1) is 11.3 Å². The summed E-state index contributed by atoms with van der Waals surface area (Å²) in [5.74, 6) is 0.761. The molecule has 0 spiro atoms. The van der Waals surface area contributed by atoms with E-state index in [2.05, 4.69) is 45.1 Å². The van der Waals surface area contributed by atoms with Gasteiger partial charge in [-0.2, -0.15) is 0 Å². The number of hydrogen-bond acceptors (Lipinski definition) is 3. The molecule has 3 heteroatoms. The summed E-state index contributed by atoms with van der Waals surface area (Å²) in [4.78, 5) is 2.84. The van der Waals surface area contributed by atoms with Crippen molar-refractivity contribution in [1.82, 2.24) is 5.32 Å². The van der Waals surface area contributed by atoms with Gasteiger partial charge in [0.05, 0.1) is 11.6 Å². The topological polar surface area (TPSA) is 21.3 Å². The molecule has 3 unspecified atom stereocenters. The maximum absolute atomic E-state index is 6.41. The summed E-state index contributed by atoms with van der Waals surface area (Å²) >= 11 is 1.92. The molecule has 1 aliphatic rings. The van der Waals surface area contributed by atoms with E-state index < -0.39 is 0 Å². The van der Waals surface area contributed by atoms with Gasteiger partial charge in [-0.05, 0) is 57.7 Å². The average Bonchev–Trinajstić information content (AvgIpc) is 2.86. The van der Waals surface area contributed by atoms with Crippen molar-refractivity contribution in [2.45, 2.75) is 71.4 Å². The van der Waals surface area contributed by atoms with Gasteiger partial charge >= 0.3 is 0 Å². The minimum Gasteiger partial charge on any atom is -0.373 e. The molecule has 1 heterocycles. The fourth-order valence-corrected chi connectivity index (χ4v) is 4.81. The molecular formula is C18H31NOS. The monoisotopic (exact) mass is 309 g/mol. The maximum atomic E-state index is 6.41. The molecular weight excluding hydrogens is 278 g/mol. The van der Waals surface area contributed by atoms with Crippen LogP contribution in [-0.4, -0.2) is 18.8 Å². The molecule has 2 rings (SSSR count). The van der Waals surface area contributed by atoms with Gasteiger partial charge in [-0.3, -0.25) is 0 Å². The Kier molecular flexibility index (Phi) is 6.27. The highest BCUT2D eigenvalue weighted by Gasteiger charge is 2.43. The second-order valence-corrected chi connectivity index (χ2v) is 7.85. The van der Waals surface area contributed by atoms with E-state index in [4.69, 9.17) is 4.74 Å². The third-order valence-electron chi connectivity index (χ3n) is 4.59. The Morgan fingerprint density at radius 3 is 2.81 bits per heavy atom. The fourth-order valence-electron chi connectivity index (χ4n) is 3.75. The largest absolute Gasteiger partial charge is 0.373 e. The van der Waals surface area contributed by atoms with Crippen LogP contribution in [0.4, 0.5) is 0 Å². The van der Waals surface area contributed by atoms with Crippen molar-refractivity contribution in [3.05, 3.63) is 21.9 Å². The third-order valence-corrected chi connectivity index (χ3v) is 5.66. The lowest BCUT2D eigenvalue weighted by atomic mass is 9.74. The zero-order chi connectivity index (χ0) is 15.3. The second kappa shape index (κ2) is 7.75. The molecule has 0 saturated heterocycles. The predicted octanol–water partition coefficient (Wildman–Crippen LogP) is 5.08. The van der Waals surface area contributed by atoms with Gasteiger partial charge in [0.25, 0.3) is 0 Å². The molecule has 1 saturated carbocycles. The molecule has 0 aliphatic heterocycles. The number of hydrogen-bond donors (Lipinski definition) is 1. The molecule has 1 aliphatic carbocycles. The van der Waals surface area contributed by atoms with E-state index in [0.29, 0.717) is 6.04 Å². The Hall–Kier alpha value is -0.380. The van der Waals surface area contributed by atoms with Crippen LogP contribution in [0.25, 0.3) is 0 Å². The van der Waals surface area contributed by atoms with Gasteiger partial charge in [-0.1, -0.05) is 26.7 Å². The quantitative estimate of drug-likeness (QED) is 0.758. The van der Waals surface area contributed by atoms with Crippen LogP contribution >= 0.6 is 11.3 Å². The Morgan fingerprint density at radius 1 is 1.43 bits per heavy atom. The molecule has 0 bridgehead atoms. The summed E-state index contributed by atoms with van der Waals surface area (Å²) in [6, 6.07) is 4.89. The third kappa shape index (κ3) is 4.08. The highest BCUT2D eigenvalue weighted by molar-refractivity contribution is 7.12. The van der Waals surface area contributed by atoms with E-state index in [9.17, 15) is 0 Å². The molecule has 2 nitrogen and oxygen atoms in total. The summed E-state index contributed by atoms with van der Waals surface area (Å²) in [6.45, 7) is 10.8. The van der Waals surface area contributed by atoms with Gasteiger partial charge in [0.1, 0.15) is 0 Å². The van der Waals surface area contributed by atoms with E-state index in [1.807, 2.05) is 11.3 Å². The van der Waals surface area contributed by atoms with E-state index in [-0.39, 0.29) is 5.60 Å². The normalized spacial score (nSPS) is 27.7. The lowest BCUT2D eigenvalue weighted by Crippen LogP contribution is -2.49. The minimum absolute atomic E-state index is 0.0150. The molecule has 0 aromatic carbocycles. The number of rotatable bonds is 7. The number of nitrogens with one attached hydrogen (secondary N) is 1. The van der Waals surface area contributed by atoms with E-state index in [1.54, 1.807) is 0 Å². The smallest absolute Gasteiger partial charge is 0.0886 e. The van der Waals surface area contributed by atoms with E-state index in [1.165, 1.54) is 41.9 Å². The van der Waals surface area contributed by atoms with E-state index >= 15 is 0 Å². The standard InChI is InChI=1S/C18H31NOS/c1-5-12-19-17(16-10-9-15(4)21-16)18(20-6-2)11-7-8-14(3)13-18/h9-10,14,17,19H,5-8,11-13H2,1-4H3. The SMILES string of the molecule is CCCNC(c1ccc(C)s1)C1(OCC)CCCC(C)C1. The van der Waals surface area contributed by atoms with Crippen molar-refractivity contribution in [2.24, 2.45) is 5.92 Å². The van der Waals surface area contributed by atoms with Crippen molar-refractivity contribution >= 4 is 11.3 Å². The van der Waals surface area contributed by atoms with Gasteiger partial charge < -0.3 is 10.1 Å². The highest BCUT2D eigenvalue weighted by atomic mass is 32.1. The number of thiophene rings is 1. The summed E-state index contributed by atoms with van der Waals surface area (Å²) in [5, 5.41) is 3.80. The fraction of sp³-hybridized carbons (Fsp3) is 0.778. The Labute approximate surface area is 134 Å².